The maximum Gasteiger partial charge on any atom is 0.220 e. The molecule has 0 spiro atoms. The molecule has 1 unspecified atom stereocenters. The van der Waals surface area contributed by atoms with Crippen LogP contribution in [0.4, 0.5) is 0 Å². The molecule has 1 atom stereocenters. The fraction of sp³-hybridized carbons (Fsp3) is 0.643. The van der Waals surface area contributed by atoms with Crippen molar-refractivity contribution in [2.75, 3.05) is 19.6 Å². The maximum absolute atomic E-state index is 11.6. The van der Waals surface area contributed by atoms with Crippen LogP contribution in [0.1, 0.15) is 30.2 Å². The van der Waals surface area contributed by atoms with Gasteiger partial charge in [0.05, 0.1) is 0 Å². The number of amides is 1. The molecular formula is C14H25Cl2N3OS. The molecule has 1 amide bonds. The number of nitrogens with zero attached hydrogens (tertiary/aromatic N) is 1. The van der Waals surface area contributed by atoms with E-state index in [4.69, 9.17) is 5.73 Å². The Kier molecular flexibility index (Phi) is 10.2. The summed E-state index contributed by atoms with van der Waals surface area (Å²) >= 11 is 1.86. The Bertz CT molecular complexity index is 426. The van der Waals surface area contributed by atoms with Gasteiger partial charge in [0.15, 0.2) is 0 Å². The fourth-order valence-electron chi connectivity index (χ4n) is 2.30. The molecule has 7 heteroatoms. The van der Waals surface area contributed by atoms with Gasteiger partial charge in [-0.15, -0.1) is 36.2 Å². The van der Waals surface area contributed by atoms with Gasteiger partial charge in [-0.2, -0.15) is 0 Å². The van der Waals surface area contributed by atoms with E-state index < -0.39 is 0 Å². The Morgan fingerprint density at radius 2 is 2.29 bits per heavy atom. The van der Waals surface area contributed by atoms with Crippen molar-refractivity contribution >= 4 is 42.1 Å². The van der Waals surface area contributed by atoms with E-state index in [9.17, 15) is 4.79 Å². The van der Waals surface area contributed by atoms with Crippen LogP contribution in [0.3, 0.4) is 0 Å². The number of nitrogens with two attached hydrogens (primary N) is 1. The first-order valence-electron chi connectivity index (χ1n) is 6.95. The van der Waals surface area contributed by atoms with Gasteiger partial charge in [0.2, 0.25) is 5.91 Å². The summed E-state index contributed by atoms with van der Waals surface area (Å²) in [5.74, 6) is 0.116. The van der Waals surface area contributed by atoms with E-state index in [1.807, 2.05) is 18.3 Å². The normalized spacial score (nSPS) is 15.3. The smallest absolute Gasteiger partial charge is 0.220 e. The molecule has 1 aromatic heterocycles. The SMILES string of the molecule is CC(N)CCC(=O)NCCN1CCc2sccc2C1.Cl.Cl. The van der Waals surface area contributed by atoms with Gasteiger partial charge < -0.3 is 11.1 Å². The minimum Gasteiger partial charge on any atom is -0.355 e. The number of halogens is 2. The molecule has 122 valence electrons. The molecule has 0 radical (unpaired) electrons. The van der Waals surface area contributed by atoms with E-state index in [2.05, 4.69) is 21.7 Å². The summed E-state index contributed by atoms with van der Waals surface area (Å²) in [5.41, 5.74) is 7.09. The van der Waals surface area contributed by atoms with Crippen molar-refractivity contribution in [1.29, 1.82) is 0 Å². The quantitative estimate of drug-likeness (QED) is 0.823. The maximum atomic E-state index is 11.6. The first kappa shape index (κ1) is 20.7. The first-order chi connectivity index (χ1) is 9.15. The average Bonchev–Trinajstić information content (AvgIpc) is 2.83. The number of hydrogen-bond donors (Lipinski definition) is 2. The summed E-state index contributed by atoms with van der Waals surface area (Å²) in [6.45, 7) is 5.72. The van der Waals surface area contributed by atoms with E-state index in [0.29, 0.717) is 6.42 Å². The van der Waals surface area contributed by atoms with Crippen LogP contribution in [-0.2, 0) is 17.8 Å². The van der Waals surface area contributed by atoms with Crippen molar-refractivity contribution < 1.29 is 4.79 Å². The van der Waals surface area contributed by atoms with Crippen molar-refractivity contribution in [1.82, 2.24) is 10.2 Å². The Morgan fingerprint density at radius 3 is 3.00 bits per heavy atom. The Labute approximate surface area is 143 Å². The summed E-state index contributed by atoms with van der Waals surface area (Å²) in [4.78, 5) is 15.5. The van der Waals surface area contributed by atoms with Crippen molar-refractivity contribution in [2.45, 2.75) is 38.8 Å². The first-order valence-corrected chi connectivity index (χ1v) is 7.83. The van der Waals surface area contributed by atoms with Gasteiger partial charge >= 0.3 is 0 Å². The number of rotatable bonds is 6. The summed E-state index contributed by atoms with van der Waals surface area (Å²) < 4.78 is 0. The number of nitrogens with one attached hydrogen (secondary N) is 1. The number of thiophene rings is 1. The predicted molar refractivity (Wildman–Crippen MR) is 93.7 cm³/mol. The zero-order valence-electron chi connectivity index (χ0n) is 12.3. The highest BCUT2D eigenvalue weighted by atomic mass is 35.5. The molecule has 2 heterocycles. The van der Waals surface area contributed by atoms with Crippen molar-refractivity contribution in [3.8, 4) is 0 Å². The summed E-state index contributed by atoms with van der Waals surface area (Å²) in [7, 11) is 0. The predicted octanol–water partition coefficient (Wildman–Crippen LogP) is 2.19. The molecule has 0 saturated carbocycles. The van der Waals surface area contributed by atoms with Crippen LogP contribution in [0.15, 0.2) is 11.4 Å². The number of hydrogen-bond acceptors (Lipinski definition) is 4. The van der Waals surface area contributed by atoms with Crippen LogP contribution in [0.25, 0.3) is 0 Å². The zero-order chi connectivity index (χ0) is 13.7. The largest absolute Gasteiger partial charge is 0.355 e. The molecule has 3 N–H and O–H groups in total. The van der Waals surface area contributed by atoms with Gasteiger partial charge in [0, 0.05) is 43.5 Å². The lowest BCUT2D eigenvalue weighted by Crippen LogP contribution is -2.37. The summed E-state index contributed by atoms with van der Waals surface area (Å²) in [6.07, 6.45) is 2.44. The van der Waals surface area contributed by atoms with Crippen LogP contribution in [-0.4, -0.2) is 36.5 Å². The van der Waals surface area contributed by atoms with Crippen LogP contribution >= 0.6 is 36.2 Å². The standard InChI is InChI=1S/C14H23N3OS.2ClH/c1-11(15)2-3-14(18)16-6-8-17-7-4-13-12(10-17)5-9-19-13;;/h5,9,11H,2-4,6-8,10,15H2,1H3,(H,16,18);2*1H. The van der Waals surface area contributed by atoms with Gasteiger partial charge in [-0.05, 0) is 36.8 Å². The second-order valence-electron chi connectivity index (χ2n) is 5.26. The number of carbonyl (C=O) groups is 1. The number of carbonyl (C=O) groups excluding carboxylic acids is 1. The van der Waals surface area contributed by atoms with E-state index >= 15 is 0 Å². The average molecular weight is 354 g/mol. The van der Waals surface area contributed by atoms with Crippen LogP contribution in [0, 0.1) is 0 Å². The van der Waals surface area contributed by atoms with Gasteiger partial charge in [0.25, 0.3) is 0 Å². The van der Waals surface area contributed by atoms with Crippen molar-refractivity contribution in [3.05, 3.63) is 21.9 Å². The van der Waals surface area contributed by atoms with E-state index in [1.165, 1.54) is 10.4 Å². The molecule has 0 aromatic carbocycles. The van der Waals surface area contributed by atoms with E-state index in [-0.39, 0.29) is 36.8 Å². The summed E-state index contributed by atoms with van der Waals surface area (Å²) in [5, 5.41) is 5.14. The minimum atomic E-state index is 0. The Hall–Kier alpha value is -0.330. The molecule has 1 aromatic rings. The van der Waals surface area contributed by atoms with Crippen LogP contribution < -0.4 is 11.1 Å². The third-order valence-corrected chi connectivity index (χ3v) is 4.49. The van der Waals surface area contributed by atoms with Gasteiger partial charge in [-0.25, -0.2) is 0 Å². The monoisotopic (exact) mass is 353 g/mol. The molecule has 4 nitrogen and oxygen atoms in total. The van der Waals surface area contributed by atoms with Crippen LogP contribution in [0.2, 0.25) is 0 Å². The lowest BCUT2D eigenvalue weighted by molar-refractivity contribution is -0.121. The molecule has 1 aliphatic rings. The molecule has 21 heavy (non-hydrogen) atoms. The molecule has 0 fully saturated rings. The van der Waals surface area contributed by atoms with E-state index in [1.54, 1.807) is 0 Å². The number of fused-ring (bicyclic) bond motifs is 1. The second-order valence-corrected chi connectivity index (χ2v) is 6.26. The Balaban J connectivity index is 0.00000200. The highest BCUT2D eigenvalue weighted by molar-refractivity contribution is 7.10. The minimum absolute atomic E-state index is 0. The van der Waals surface area contributed by atoms with Crippen LogP contribution in [0.5, 0.6) is 0 Å². The topological polar surface area (TPSA) is 58.4 Å². The van der Waals surface area contributed by atoms with Crippen molar-refractivity contribution in [3.63, 3.8) is 0 Å². The molecular weight excluding hydrogens is 329 g/mol. The molecule has 0 saturated heterocycles. The molecule has 0 bridgehead atoms. The lowest BCUT2D eigenvalue weighted by Gasteiger charge is -2.26. The fourth-order valence-corrected chi connectivity index (χ4v) is 3.19. The van der Waals surface area contributed by atoms with Gasteiger partial charge in [-0.1, -0.05) is 0 Å². The van der Waals surface area contributed by atoms with Gasteiger partial charge in [-0.3, -0.25) is 9.69 Å². The Morgan fingerprint density at radius 1 is 1.52 bits per heavy atom. The highest BCUT2D eigenvalue weighted by Gasteiger charge is 2.16. The van der Waals surface area contributed by atoms with Gasteiger partial charge in [0.1, 0.15) is 0 Å². The zero-order valence-corrected chi connectivity index (χ0v) is 14.8. The molecule has 2 rings (SSSR count). The second kappa shape index (κ2) is 10.4. The summed E-state index contributed by atoms with van der Waals surface area (Å²) in [6, 6.07) is 2.32. The highest BCUT2D eigenvalue weighted by Crippen LogP contribution is 2.23. The molecule has 0 aliphatic carbocycles. The molecule has 1 aliphatic heterocycles. The lowest BCUT2D eigenvalue weighted by atomic mass is 10.1. The third kappa shape index (κ3) is 6.98. The van der Waals surface area contributed by atoms with Crippen molar-refractivity contribution in [2.24, 2.45) is 5.73 Å². The van der Waals surface area contributed by atoms with E-state index in [0.717, 1.165) is 39.0 Å². The third-order valence-electron chi connectivity index (χ3n) is 3.46.